The highest BCUT2D eigenvalue weighted by molar-refractivity contribution is 7.89. The topological polar surface area (TPSA) is 108 Å². The summed E-state index contributed by atoms with van der Waals surface area (Å²) in [6.07, 6.45) is 6.30. The van der Waals surface area contributed by atoms with Gasteiger partial charge in [-0.3, -0.25) is 4.68 Å². The first-order valence-electron chi connectivity index (χ1n) is 9.34. The van der Waals surface area contributed by atoms with E-state index in [1.165, 1.54) is 12.4 Å². The van der Waals surface area contributed by atoms with Gasteiger partial charge in [0.2, 0.25) is 10.0 Å². The van der Waals surface area contributed by atoms with E-state index in [0.717, 1.165) is 25.7 Å². The Kier molecular flexibility index (Phi) is 6.26. The van der Waals surface area contributed by atoms with Crippen LogP contribution in [0.3, 0.4) is 0 Å². The molecule has 0 radical (unpaired) electrons. The van der Waals surface area contributed by atoms with Crippen molar-refractivity contribution >= 4 is 16.1 Å². The Morgan fingerprint density at radius 1 is 1.37 bits per heavy atom. The molecule has 1 atom stereocenters. The van der Waals surface area contributed by atoms with Crippen LogP contribution in [0.1, 0.15) is 60.3 Å². The molecule has 0 aliphatic carbocycles. The number of hydrogen-bond donors (Lipinski definition) is 1. The second kappa shape index (κ2) is 7.79. The van der Waals surface area contributed by atoms with Gasteiger partial charge in [-0.1, -0.05) is 6.42 Å². The van der Waals surface area contributed by atoms with E-state index in [4.69, 9.17) is 9.88 Å². The Bertz CT molecular complexity index is 765. The van der Waals surface area contributed by atoms with Gasteiger partial charge in [0.15, 0.2) is 0 Å². The molecule has 2 rings (SSSR count). The summed E-state index contributed by atoms with van der Waals surface area (Å²) in [6.45, 7) is 11.1. The second-order valence-electron chi connectivity index (χ2n) is 8.95. The zero-order chi connectivity index (χ0) is 20.5. The third kappa shape index (κ3) is 6.21. The average molecular weight is 401 g/mol. The number of aromatic nitrogens is 2. The molecule has 8 nitrogen and oxygen atoms in total. The van der Waals surface area contributed by atoms with Gasteiger partial charge < -0.3 is 9.64 Å². The molecule has 1 aromatic rings. The maximum Gasteiger partial charge on any atom is 0.410 e. The van der Waals surface area contributed by atoms with Gasteiger partial charge in [-0.05, 0) is 59.8 Å². The third-order valence-electron chi connectivity index (χ3n) is 4.76. The van der Waals surface area contributed by atoms with Crippen LogP contribution in [0.2, 0.25) is 0 Å². The predicted octanol–water partition coefficient (Wildman–Crippen LogP) is 2.74. The number of carbonyl (C=O) groups is 1. The minimum Gasteiger partial charge on any atom is -0.444 e. The fraction of sp³-hybridized carbons (Fsp3) is 0.778. The number of nitrogens with two attached hydrogens (primary N) is 1. The van der Waals surface area contributed by atoms with Gasteiger partial charge in [0.1, 0.15) is 10.5 Å². The van der Waals surface area contributed by atoms with E-state index in [2.05, 4.69) is 18.9 Å². The zero-order valence-corrected chi connectivity index (χ0v) is 17.8. The summed E-state index contributed by atoms with van der Waals surface area (Å²) in [6, 6.07) is 0. The van der Waals surface area contributed by atoms with Crippen LogP contribution in [0.5, 0.6) is 0 Å². The zero-order valence-electron chi connectivity index (χ0n) is 16.9. The maximum atomic E-state index is 12.5. The number of ether oxygens (including phenoxy) is 1. The number of nitrogens with zero attached hydrogens (tertiary/aromatic N) is 3. The van der Waals surface area contributed by atoms with Crippen LogP contribution in [0, 0.1) is 5.92 Å². The summed E-state index contributed by atoms with van der Waals surface area (Å²) in [4.78, 5) is 14.3. The van der Waals surface area contributed by atoms with Crippen LogP contribution >= 0.6 is 0 Å². The lowest BCUT2D eigenvalue weighted by Gasteiger charge is -2.33. The van der Waals surface area contributed by atoms with E-state index in [0.29, 0.717) is 19.0 Å². The van der Waals surface area contributed by atoms with Crippen molar-refractivity contribution in [3.05, 3.63) is 12.4 Å². The van der Waals surface area contributed by atoms with Crippen LogP contribution in [-0.4, -0.2) is 46.9 Å². The maximum absolute atomic E-state index is 12.5. The molecule has 0 saturated carbocycles. The number of likely N-dealkylation sites (tertiary alicyclic amines) is 1. The summed E-state index contributed by atoms with van der Waals surface area (Å²) < 4.78 is 29.7. The van der Waals surface area contributed by atoms with Gasteiger partial charge in [-0.15, -0.1) is 0 Å². The molecular weight excluding hydrogens is 368 g/mol. The predicted molar refractivity (Wildman–Crippen MR) is 103 cm³/mol. The molecule has 154 valence electrons. The molecule has 0 spiro atoms. The fourth-order valence-corrected chi connectivity index (χ4v) is 4.00. The van der Waals surface area contributed by atoms with E-state index in [1.54, 1.807) is 4.68 Å². The number of hydrogen-bond acceptors (Lipinski definition) is 5. The number of amides is 1. The second-order valence-corrected chi connectivity index (χ2v) is 10.5. The van der Waals surface area contributed by atoms with Crippen molar-refractivity contribution in [3.63, 3.8) is 0 Å². The summed E-state index contributed by atoms with van der Waals surface area (Å²) in [7, 11) is -3.70. The van der Waals surface area contributed by atoms with Crippen molar-refractivity contribution < 1.29 is 17.9 Å². The number of rotatable bonds is 6. The first-order valence-corrected chi connectivity index (χ1v) is 10.9. The number of aryl methyl sites for hydroxylation is 1. The van der Waals surface area contributed by atoms with Gasteiger partial charge in [0.25, 0.3) is 0 Å². The molecule has 1 unspecified atom stereocenters. The largest absolute Gasteiger partial charge is 0.444 e. The number of sulfonamides is 1. The smallest absolute Gasteiger partial charge is 0.410 e. The molecule has 1 saturated heterocycles. The monoisotopic (exact) mass is 400 g/mol. The lowest BCUT2D eigenvalue weighted by Crippen LogP contribution is -2.45. The SMILES string of the molecule is CC(C)(C)OC(=O)N1CC(CCCCn2cc(S(N)(=O)=O)cn2)CC1(C)C. The first-order chi connectivity index (χ1) is 12.3. The van der Waals surface area contributed by atoms with Crippen LogP contribution in [-0.2, 0) is 21.3 Å². The first kappa shape index (κ1) is 21.7. The van der Waals surface area contributed by atoms with Crippen molar-refractivity contribution in [2.45, 2.75) is 82.9 Å². The molecule has 27 heavy (non-hydrogen) atoms. The van der Waals surface area contributed by atoms with Crippen molar-refractivity contribution in [1.82, 2.24) is 14.7 Å². The molecule has 1 aliphatic heterocycles. The van der Waals surface area contributed by atoms with E-state index in [1.807, 2.05) is 25.7 Å². The standard InChI is InChI=1S/C18H32N4O4S/c1-17(2,3)26-16(23)22-12-14(10-18(22,4)5)8-6-7-9-21-13-15(11-20-21)27(19,24)25/h11,13-14H,6-10,12H2,1-5H3,(H2,19,24,25). The number of carbonyl (C=O) groups excluding carboxylic acids is 1. The molecule has 1 aliphatic rings. The lowest BCUT2D eigenvalue weighted by molar-refractivity contribution is 0.0131. The highest BCUT2D eigenvalue weighted by atomic mass is 32.2. The fourth-order valence-electron chi connectivity index (χ4n) is 3.54. The van der Waals surface area contributed by atoms with Crippen molar-refractivity contribution in [1.29, 1.82) is 0 Å². The molecule has 1 amide bonds. The van der Waals surface area contributed by atoms with E-state index < -0.39 is 15.6 Å². The quantitative estimate of drug-likeness (QED) is 0.739. The molecule has 0 bridgehead atoms. The Labute approximate surface area is 162 Å². The van der Waals surface area contributed by atoms with Gasteiger partial charge in [0.05, 0.1) is 6.20 Å². The summed E-state index contributed by atoms with van der Waals surface area (Å²) in [5.41, 5.74) is -0.704. The summed E-state index contributed by atoms with van der Waals surface area (Å²) in [5.74, 6) is 0.435. The molecular formula is C18H32N4O4S. The summed E-state index contributed by atoms with van der Waals surface area (Å²) >= 11 is 0. The van der Waals surface area contributed by atoms with Crippen LogP contribution in [0.4, 0.5) is 4.79 Å². The highest BCUT2D eigenvalue weighted by Gasteiger charge is 2.42. The van der Waals surface area contributed by atoms with Gasteiger partial charge in [-0.25, -0.2) is 18.4 Å². The van der Waals surface area contributed by atoms with Crippen molar-refractivity contribution in [2.24, 2.45) is 11.1 Å². The summed E-state index contributed by atoms with van der Waals surface area (Å²) in [5, 5.41) is 9.12. The Hall–Kier alpha value is -1.61. The van der Waals surface area contributed by atoms with Crippen LogP contribution < -0.4 is 5.14 Å². The van der Waals surface area contributed by atoms with Crippen LogP contribution in [0.15, 0.2) is 17.3 Å². The van der Waals surface area contributed by atoms with Gasteiger partial charge in [0, 0.05) is 24.8 Å². The van der Waals surface area contributed by atoms with Crippen LogP contribution in [0.25, 0.3) is 0 Å². The van der Waals surface area contributed by atoms with E-state index in [-0.39, 0.29) is 16.5 Å². The Morgan fingerprint density at radius 2 is 2.04 bits per heavy atom. The Balaban J connectivity index is 1.80. The third-order valence-corrected chi connectivity index (χ3v) is 5.63. The molecule has 1 fully saturated rings. The van der Waals surface area contributed by atoms with E-state index >= 15 is 0 Å². The highest BCUT2D eigenvalue weighted by Crippen LogP contribution is 2.36. The van der Waals surface area contributed by atoms with Crippen molar-refractivity contribution in [3.8, 4) is 0 Å². The van der Waals surface area contributed by atoms with Gasteiger partial charge in [-0.2, -0.15) is 5.10 Å². The Morgan fingerprint density at radius 3 is 2.59 bits per heavy atom. The lowest BCUT2D eigenvalue weighted by atomic mass is 9.93. The normalized spacial score (nSPS) is 20.1. The van der Waals surface area contributed by atoms with E-state index in [9.17, 15) is 13.2 Å². The molecule has 2 N–H and O–H groups in total. The molecule has 1 aromatic heterocycles. The average Bonchev–Trinajstić information content (AvgIpc) is 3.05. The number of primary sulfonamides is 1. The minimum absolute atomic E-state index is 0.0352. The number of unbranched alkanes of at least 4 members (excludes halogenated alkanes) is 1. The molecule has 0 aromatic carbocycles. The minimum atomic E-state index is -3.70. The molecule has 9 heteroatoms. The molecule has 2 heterocycles. The van der Waals surface area contributed by atoms with Gasteiger partial charge >= 0.3 is 6.09 Å². The van der Waals surface area contributed by atoms with Crippen molar-refractivity contribution in [2.75, 3.05) is 6.54 Å².